The van der Waals surface area contributed by atoms with Crippen LogP contribution in [-0.4, -0.2) is 24.5 Å². The van der Waals surface area contributed by atoms with Crippen molar-refractivity contribution >= 4 is 5.91 Å². The van der Waals surface area contributed by atoms with Crippen LogP contribution in [0.3, 0.4) is 0 Å². The highest BCUT2D eigenvalue weighted by Crippen LogP contribution is 2.18. The number of rotatable bonds is 8. The summed E-state index contributed by atoms with van der Waals surface area (Å²) in [5, 5.41) is 6.31. The third-order valence-corrected chi connectivity index (χ3v) is 2.59. The topological polar surface area (TPSA) is 41.1 Å². The second-order valence-electron chi connectivity index (χ2n) is 4.31. The third-order valence-electron chi connectivity index (χ3n) is 2.59. The Bertz CT molecular complexity index is 212. The minimum absolute atomic E-state index is 0.181. The number of amides is 1. The van der Waals surface area contributed by atoms with Crippen LogP contribution in [0.15, 0.2) is 12.7 Å². The fourth-order valence-corrected chi connectivity index (χ4v) is 1.43. The van der Waals surface area contributed by atoms with Gasteiger partial charge in [0.2, 0.25) is 5.91 Å². The molecule has 1 saturated carbocycles. The average molecular weight is 210 g/mol. The highest BCUT2D eigenvalue weighted by Gasteiger charge is 2.22. The van der Waals surface area contributed by atoms with E-state index in [2.05, 4.69) is 24.1 Å². The molecule has 15 heavy (non-hydrogen) atoms. The fraction of sp³-hybridized carbons (Fsp3) is 0.750. The van der Waals surface area contributed by atoms with Crippen molar-refractivity contribution in [3.63, 3.8) is 0 Å². The van der Waals surface area contributed by atoms with Crippen LogP contribution in [0.4, 0.5) is 0 Å². The Morgan fingerprint density at radius 2 is 2.33 bits per heavy atom. The van der Waals surface area contributed by atoms with E-state index in [1.807, 2.05) is 6.08 Å². The molecule has 3 heteroatoms. The van der Waals surface area contributed by atoms with Gasteiger partial charge in [-0.15, -0.1) is 6.58 Å². The molecule has 3 nitrogen and oxygen atoms in total. The molecule has 0 aliphatic heterocycles. The summed E-state index contributed by atoms with van der Waals surface area (Å²) in [7, 11) is 0. The number of carbonyl (C=O) groups excluding carboxylic acids is 1. The predicted octanol–water partition coefficient (Wildman–Crippen LogP) is 1.60. The van der Waals surface area contributed by atoms with Gasteiger partial charge in [-0.1, -0.05) is 6.08 Å². The Balaban J connectivity index is 1.94. The lowest BCUT2D eigenvalue weighted by molar-refractivity contribution is -0.121. The van der Waals surface area contributed by atoms with E-state index < -0.39 is 0 Å². The van der Waals surface area contributed by atoms with Crippen molar-refractivity contribution in [3.8, 4) is 0 Å². The maximum absolute atomic E-state index is 11.3. The molecule has 0 aromatic carbocycles. The highest BCUT2D eigenvalue weighted by molar-refractivity contribution is 5.76. The van der Waals surface area contributed by atoms with Gasteiger partial charge in [0.1, 0.15) is 0 Å². The van der Waals surface area contributed by atoms with Crippen LogP contribution in [0.2, 0.25) is 0 Å². The summed E-state index contributed by atoms with van der Waals surface area (Å²) < 4.78 is 0. The summed E-state index contributed by atoms with van der Waals surface area (Å²) in [6.07, 6.45) is 6.97. The van der Waals surface area contributed by atoms with Gasteiger partial charge in [-0.3, -0.25) is 4.79 Å². The average Bonchev–Trinajstić information content (AvgIpc) is 2.98. The zero-order valence-electron chi connectivity index (χ0n) is 9.59. The maximum Gasteiger partial charge on any atom is 0.221 e. The van der Waals surface area contributed by atoms with Crippen molar-refractivity contribution in [3.05, 3.63) is 12.7 Å². The number of nitrogens with one attached hydrogen (secondary N) is 2. The van der Waals surface area contributed by atoms with E-state index in [4.69, 9.17) is 0 Å². The van der Waals surface area contributed by atoms with Crippen molar-refractivity contribution < 1.29 is 4.79 Å². The van der Waals surface area contributed by atoms with Crippen molar-refractivity contribution in [2.24, 2.45) is 0 Å². The first kappa shape index (κ1) is 12.2. The van der Waals surface area contributed by atoms with Gasteiger partial charge >= 0.3 is 0 Å². The third kappa shape index (κ3) is 6.28. The molecule has 1 aliphatic carbocycles. The van der Waals surface area contributed by atoms with Crippen LogP contribution in [-0.2, 0) is 4.79 Å². The van der Waals surface area contributed by atoms with E-state index >= 15 is 0 Å². The predicted molar refractivity (Wildman–Crippen MR) is 62.7 cm³/mol. The largest absolute Gasteiger partial charge is 0.353 e. The van der Waals surface area contributed by atoms with Crippen LogP contribution in [0.5, 0.6) is 0 Å². The van der Waals surface area contributed by atoms with Crippen molar-refractivity contribution in [2.75, 3.05) is 6.54 Å². The van der Waals surface area contributed by atoms with Gasteiger partial charge in [-0.25, -0.2) is 0 Å². The summed E-state index contributed by atoms with van der Waals surface area (Å²) >= 11 is 0. The van der Waals surface area contributed by atoms with E-state index in [0.29, 0.717) is 18.5 Å². The van der Waals surface area contributed by atoms with Crippen LogP contribution in [0.1, 0.15) is 39.0 Å². The maximum atomic E-state index is 11.3. The summed E-state index contributed by atoms with van der Waals surface area (Å²) in [5.74, 6) is 0.181. The second kappa shape index (κ2) is 6.62. The number of hydrogen-bond acceptors (Lipinski definition) is 2. The first-order valence-electron chi connectivity index (χ1n) is 5.86. The minimum Gasteiger partial charge on any atom is -0.353 e. The molecule has 0 heterocycles. The van der Waals surface area contributed by atoms with Crippen LogP contribution in [0.25, 0.3) is 0 Å². The molecule has 0 aromatic rings. The Hall–Kier alpha value is -0.830. The van der Waals surface area contributed by atoms with Crippen molar-refractivity contribution in [1.82, 2.24) is 10.6 Å². The Morgan fingerprint density at radius 3 is 2.93 bits per heavy atom. The van der Waals surface area contributed by atoms with Crippen LogP contribution < -0.4 is 10.6 Å². The molecule has 2 N–H and O–H groups in total. The number of allylic oxidation sites excluding steroid dienone is 1. The van der Waals surface area contributed by atoms with Gasteiger partial charge < -0.3 is 10.6 Å². The molecule has 1 atom stereocenters. The molecular formula is C12H22N2O. The van der Waals surface area contributed by atoms with Crippen molar-refractivity contribution in [1.29, 1.82) is 0 Å². The van der Waals surface area contributed by atoms with Gasteiger partial charge in [-0.05, 0) is 32.6 Å². The SMILES string of the molecule is C=CCCC(C)NCCC(=O)NC1CC1. The summed E-state index contributed by atoms with van der Waals surface area (Å²) in [6.45, 7) is 6.60. The molecule has 1 amide bonds. The normalized spacial score (nSPS) is 17.1. The summed E-state index contributed by atoms with van der Waals surface area (Å²) in [4.78, 5) is 11.3. The van der Waals surface area contributed by atoms with Crippen LogP contribution >= 0.6 is 0 Å². The van der Waals surface area contributed by atoms with E-state index in [1.54, 1.807) is 0 Å². The number of hydrogen-bond donors (Lipinski definition) is 2. The molecule has 0 bridgehead atoms. The summed E-state index contributed by atoms with van der Waals surface area (Å²) in [5.41, 5.74) is 0. The van der Waals surface area contributed by atoms with E-state index in [-0.39, 0.29) is 5.91 Å². The van der Waals surface area contributed by atoms with Gasteiger partial charge in [0, 0.05) is 25.0 Å². The molecule has 1 rings (SSSR count). The lowest BCUT2D eigenvalue weighted by Crippen LogP contribution is -2.32. The highest BCUT2D eigenvalue weighted by atomic mass is 16.1. The van der Waals surface area contributed by atoms with E-state index in [9.17, 15) is 4.79 Å². The Kier molecular flexibility index (Phi) is 5.40. The molecule has 1 unspecified atom stereocenters. The summed E-state index contributed by atoms with van der Waals surface area (Å²) in [6, 6.07) is 0.951. The Morgan fingerprint density at radius 1 is 1.60 bits per heavy atom. The lowest BCUT2D eigenvalue weighted by Gasteiger charge is -2.12. The molecular weight excluding hydrogens is 188 g/mol. The van der Waals surface area contributed by atoms with E-state index in [1.165, 1.54) is 0 Å². The van der Waals surface area contributed by atoms with Crippen LogP contribution in [0, 0.1) is 0 Å². The molecule has 0 radical (unpaired) electrons. The van der Waals surface area contributed by atoms with E-state index in [0.717, 1.165) is 32.2 Å². The molecule has 0 spiro atoms. The first-order valence-corrected chi connectivity index (χ1v) is 5.86. The quantitative estimate of drug-likeness (QED) is 0.597. The molecule has 1 fully saturated rings. The monoisotopic (exact) mass is 210 g/mol. The lowest BCUT2D eigenvalue weighted by atomic mass is 10.2. The van der Waals surface area contributed by atoms with Gasteiger partial charge in [0.15, 0.2) is 0 Å². The smallest absolute Gasteiger partial charge is 0.221 e. The fourth-order valence-electron chi connectivity index (χ4n) is 1.43. The van der Waals surface area contributed by atoms with Gasteiger partial charge in [0.25, 0.3) is 0 Å². The molecule has 0 aromatic heterocycles. The molecule has 1 aliphatic rings. The van der Waals surface area contributed by atoms with Gasteiger partial charge in [0.05, 0.1) is 0 Å². The number of carbonyl (C=O) groups is 1. The zero-order valence-corrected chi connectivity index (χ0v) is 9.59. The first-order chi connectivity index (χ1) is 7.22. The molecule has 0 saturated heterocycles. The Labute approximate surface area is 92.3 Å². The minimum atomic E-state index is 0.181. The van der Waals surface area contributed by atoms with Gasteiger partial charge in [-0.2, -0.15) is 0 Å². The van der Waals surface area contributed by atoms with Crippen molar-refractivity contribution in [2.45, 2.75) is 51.1 Å². The second-order valence-corrected chi connectivity index (χ2v) is 4.31. The standard InChI is InChI=1S/C12H22N2O/c1-3-4-5-10(2)13-9-8-12(15)14-11-6-7-11/h3,10-11,13H,1,4-9H2,2H3,(H,14,15). The molecule has 86 valence electrons. The zero-order chi connectivity index (χ0) is 11.1.